The van der Waals surface area contributed by atoms with E-state index in [9.17, 15) is 0 Å². The van der Waals surface area contributed by atoms with Gasteiger partial charge in [-0.25, -0.2) is 9.97 Å². The van der Waals surface area contributed by atoms with Crippen LogP contribution in [-0.4, -0.2) is 16.2 Å². The van der Waals surface area contributed by atoms with E-state index < -0.39 is 0 Å². The number of thiophene rings is 1. The third kappa shape index (κ3) is 5.05. The third-order valence-electron chi connectivity index (χ3n) is 10.6. The van der Waals surface area contributed by atoms with Crippen molar-refractivity contribution in [3.8, 4) is 50.8 Å². The molecular formula is C49H31N3OS. The molecule has 0 aliphatic carbocycles. The van der Waals surface area contributed by atoms with Crippen molar-refractivity contribution in [2.75, 3.05) is 0 Å². The minimum Gasteiger partial charge on any atom is -0.466 e. The molecule has 54 heavy (non-hydrogen) atoms. The van der Waals surface area contributed by atoms with Crippen LogP contribution in [0.2, 0.25) is 0 Å². The molecule has 4 nitrogen and oxygen atoms in total. The Morgan fingerprint density at radius 2 is 1.09 bits per heavy atom. The van der Waals surface area contributed by atoms with Crippen molar-refractivity contribution in [3.05, 3.63) is 197 Å². The lowest BCUT2D eigenvalue weighted by Crippen LogP contribution is -2.46. The minimum absolute atomic E-state index is 0.242. The fourth-order valence-electron chi connectivity index (χ4n) is 7.95. The molecule has 1 unspecified atom stereocenters. The number of fused-ring (bicyclic) bond motifs is 7. The van der Waals surface area contributed by atoms with Gasteiger partial charge in [-0.3, -0.25) is 0 Å². The van der Waals surface area contributed by atoms with E-state index in [-0.39, 0.29) is 6.23 Å². The molecule has 2 aliphatic heterocycles. The molecule has 2 aromatic heterocycles. The number of hydrogen-bond acceptors (Lipinski definition) is 5. The summed E-state index contributed by atoms with van der Waals surface area (Å²) in [5.74, 6) is 1.61. The van der Waals surface area contributed by atoms with E-state index >= 15 is 0 Å². The average molecular weight is 710 g/mol. The van der Waals surface area contributed by atoms with Crippen LogP contribution in [0.1, 0.15) is 11.1 Å². The van der Waals surface area contributed by atoms with E-state index in [1.807, 2.05) is 41.7 Å². The summed E-state index contributed by atoms with van der Waals surface area (Å²) in [5.41, 5.74) is 11.7. The van der Waals surface area contributed by atoms with Crippen molar-refractivity contribution < 1.29 is 4.74 Å². The van der Waals surface area contributed by atoms with Gasteiger partial charge in [0.15, 0.2) is 12.1 Å². The van der Waals surface area contributed by atoms with Crippen molar-refractivity contribution in [1.29, 1.82) is 0 Å². The van der Waals surface area contributed by atoms with Gasteiger partial charge in [0.05, 0.1) is 17.1 Å². The molecule has 9 aromatic rings. The second kappa shape index (κ2) is 12.4. The summed E-state index contributed by atoms with van der Waals surface area (Å²) in [6.07, 6.45) is -0.242. The monoisotopic (exact) mass is 709 g/mol. The Labute approximate surface area is 316 Å². The molecule has 7 aromatic carbocycles. The van der Waals surface area contributed by atoms with Gasteiger partial charge in [-0.1, -0.05) is 158 Å². The zero-order valence-electron chi connectivity index (χ0n) is 29.0. The van der Waals surface area contributed by atoms with Gasteiger partial charge in [0.2, 0.25) is 0 Å². The van der Waals surface area contributed by atoms with Crippen LogP contribution in [-0.2, 0) is 0 Å². The predicted molar refractivity (Wildman–Crippen MR) is 221 cm³/mol. The first-order valence-electron chi connectivity index (χ1n) is 18.2. The number of hydrogen-bond donors (Lipinski definition) is 1. The quantitative estimate of drug-likeness (QED) is 0.193. The highest BCUT2D eigenvalue weighted by Gasteiger charge is 2.32. The molecule has 0 amide bonds. The summed E-state index contributed by atoms with van der Waals surface area (Å²) in [5, 5.41) is 8.70. The van der Waals surface area contributed by atoms with Gasteiger partial charge < -0.3 is 10.1 Å². The SMILES string of the molecule is c1ccc(-c2nc(-c3ccc(C4=c5ccccc5=C5c6ccccc6OC5N4)cc3)cc(-c3ccc(-c4cccc5c4sc4ccccc45)cc3)n2)cc1. The van der Waals surface area contributed by atoms with Crippen LogP contribution in [0, 0.1) is 0 Å². The Morgan fingerprint density at radius 3 is 1.89 bits per heavy atom. The highest BCUT2D eigenvalue weighted by atomic mass is 32.1. The van der Waals surface area contributed by atoms with Crippen LogP contribution in [0.5, 0.6) is 5.75 Å². The molecule has 11 rings (SSSR count). The Bertz CT molecular complexity index is 3040. The molecule has 0 radical (unpaired) electrons. The zero-order valence-corrected chi connectivity index (χ0v) is 29.8. The van der Waals surface area contributed by atoms with E-state index in [1.54, 1.807) is 0 Å². The van der Waals surface area contributed by atoms with Gasteiger partial charge in [0, 0.05) is 53.2 Å². The molecule has 2 aliphatic rings. The molecule has 4 heterocycles. The van der Waals surface area contributed by atoms with Crippen LogP contribution < -0.4 is 20.5 Å². The van der Waals surface area contributed by atoms with Crippen molar-refractivity contribution in [2.45, 2.75) is 6.23 Å². The highest BCUT2D eigenvalue weighted by Crippen LogP contribution is 2.40. The van der Waals surface area contributed by atoms with Crippen LogP contribution in [0.3, 0.4) is 0 Å². The van der Waals surface area contributed by atoms with Crippen molar-refractivity contribution >= 4 is 42.8 Å². The Balaban J connectivity index is 0.983. The topological polar surface area (TPSA) is 47.0 Å². The minimum atomic E-state index is -0.242. The second-order valence-corrected chi connectivity index (χ2v) is 14.8. The number of nitrogens with one attached hydrogen (secondary N) is 1. The number of benzene rings is 7. The predicted octanol–water partition coefficient (Wildman–Crippen LogP) is 10.2. The molecule has 0 bridgehead atoms. The largest absolute Gasteiger partial charge is 0.466 e. The summed E-state index contributed by atoms with van der Waals surface area (Å²) in [6, 6.07) is 61.9. The van der Waals surface area contributed by atoms with Crippen LogP contribution in [0.15, 0.2) is 176 Å². The summed E-state index contributed by atoms with van der Waals surface area (Å²) in [6.45, 7) is 0. The lowest BCUT2D eigenvalue weighted by molar-refractivity contribution is 0.256. The molecule has 0 spiro atoms. The molecular weight excluding hydrogens is 679 g/mol. The number of ether oxygens (including phenoxy) is 1. The smallest absolute Gasteiger partial charge is 0.197 e. The first kappa shape index (κ1) is 30.8. The first-order valence-corrected chi connectivity index (χ1v) is 19.0. The Morgan fingerprint density at radius 1 is 0.481 bits per heavy atom. The van der Waals surface area contributed by atoms with E-state index in [2.05, 4.69) is 151 Å². The molecule has 0 fully saturated rings. The maximum absolute atomic E-state index is 6.40. The molecule has 1 N–H and O–H groups in total. The van der Waals surface area contributed by atoms with E-state index in [0.717, 1.165) is 50.7 Å². The lowest BCUT2D eigenvalue weighted by atomic mass is 9.96. The highest BCUT2D eigenvalue weighted by molar-refractivity contribution is 7.26. The number of para-hydroxylation sites is 1. The maximum Gasteiger partial charge on any atom is 0.197 e. The number of nitrogens with zero attached hydrogens (tertiary/aromatic N) is 2. The van der Waals surface area contributed by atoms with Gasteiger partial charge in [0.25, 0.3) is 0 Å². The number of aromatic nitrogens is 2. The fourth-order valence-corrected chi connectivity index (χ4v) is 9.19. The first-order chi connectivity index (χ1) is 26.7. The van der Waals surface area contributed by atoms with Gasteiger partial charge in [-0.2, -0.15) is 0 Å². The van der Waals surface area contributed by atoms with Crippen molar-refractivity contribution in [2.24, 2.45) is 0 Å². The Hall–Kier alpha value is -6.82. The van der Waals surface area contributed by atoms with E-state index in [1.165, 1.54) is 47.3 Å². The molecule has 0 saturated heterocycles. The maximum atomic E-state index is 6.40. The third-order valence-corrected chi connectivity index (χ3v) is 11.8. The van der Waals surface area contributed by atoms with E-state index in [4.69, 9.17) is 14.7 Å². The molecule has 0 saturated carbocycles. The van der Waals surface area contributed by atoms with Gasteiger partial charge in [-0.05, 0) is 40.1 Å². The normalized spacial score (nSPS) is 14.3. The molecule has 254 valence electrons. The summed E-state index contributed by atoms with van der Waals surface area (Å²) >= 11 is 1.86. The summed E-state index contributed by atoms with van der Waals surface area (Å²) in [7, 11) is 0. The van der Waals surface area contributed by atoms with Crippen LogP contribution >= 0.6 is 11.3 Å². The summed E-state index contributed by atoms with van der Waals surface area (Å²) in [4.78, 5) is 10.2. The average Bonchev–Trinajstić information content (AvgIpc) is 3.82. The van der Waals surface area contributed by atoms with E-state index in [0.29, 0.717) is 5.82 Å². The van der Waals surface area contributed by atoms with Gasteiger partial charge in [-0.15, -0.1) is 11.3 Å². The van der Waals surface area contributed by atoms with Crippen molar-refractivity contribution in [3.63, 3.8) is 0 Å². The standard InChI is InChI=1S/C49H31N3OS/c1-2-11-34(12-3-1)48-50-41(31-23-21-30(22-24-31)35-17-10-18-39-36-13-7-9-20-44(36)54-47(35)39)29-42(51-48)32-25-27-33(28-26-32)46-38-15-5-4-14-37(38)45-40-16-6-8-19-43(40)53-49(45)52-46/h1-29,49,52H. The zero-order chi connectivity index (χ0) is 35.6. The number of rotatable bonds is 5. The van der Waals surface area contributed by atoms with Crippen LogP contribution in [0.25, 0.3) is 76.5 Å². The van der Waals surface area contributed by atoms with Gasteiger partial charge >= 0.3 is 0 Å². The summed E-state index contributed by atoms with van der Waals surface area (Å²) < 4.78 is 9.03. The fraction of sp³-hybridized carbons (Fsp3) is 0.0204. The van der Waals surface area contributed by atoms with Crippen LogP contribution in [0.4, 0.5) is 0 Å². The molecule has 1 atom stereocenters. The van der Waals surface area contributed by atoms with Gasteiger partial charge in [0.1, 0.15) is 5.75 Å². The van der Waals surface area contributed by atoms with Crippen molar-refractivity contribution in [1.82, 2.24) is 15.3 Å². The lowest BCUT2D eigenvalue weighted by Gasteiger charge is -2.23. The second-order valence-electron chi connectivity index (χ2n) is 13.7. The molecule has 5 heteroatoms. The Kier molecular flexibility index (Phi) is 7.07.